The minimum absolute atomic E-state index is 0.160. The summed E-state index contributed by atoms with van der Waals surface area (Å²) >= 11 is 0. The number of aliphatic carboxylic acids is 1. The van der Waals surface area contributed by atoms with Gasteiger partial charge >= 0.3 is 5.97 Å². The molecule has 0 aromatic rings. The molecule has 0 radical (unpaired) electrons. The Hall–Kier alpha value is -4.11. The molecule has 0 spiro atoms. The van der Waals surface area contributed by atoms with Gasteiger partial charge in [-0.2, -0.15) is 0 Å². The van der Waals surface area contributed by atoms with Crippen molar-refractivity contribution >= 4 is 29.6 Å². The summed E-state index contributed by atoms with van der Waals surface area (Å²) in [5.74, 6) is -8.43. The number of carboxylic acids is 1. The van der Waals surface area contributed by atoms with Crippen LogP contribution in [0.5, 0.6) is 0 Å². The van der Waals surface area contributed by atoms with Crippen LogP contribution >= 0.6 is 0 Å². The lowest BCUT2D eigenvalue weighted by molar-refractivity contribution is -0.388. The van der Waals surface area contributed by atoms with Crippen molar-refractivity contribution < 1.29 is 178 Å². The van der Waals surface area contributed by atoms with E-state index in [0.29, 0.717) is 12.8 Å². The van der Waals surface area contributed by atoms with Gasteiger partial charge in [0.05, 0.1) is 70.5 Å². The molecule has 6 aliphatic heterocycles. The first-order valence-corrected chi connectivity index (χ1v) is 45.6. The lowest BCUT2D eigenvalue weighted by atomic mass is 9.88. The van der Waals surface area contributed by atoms with Crippen LogP contribution in [0.25, 0.3) is 0 Å². The van der Waals surface area contributed by atoms with Gasteiger partial charge in [-0.25, -0.2) is 4.79 Å². The van der Waals surface area contributed by atoms with Crippen LogP contribution in [0.2, 0.25) is 0 Å². The van der Waals surface area contributed by atoms with E-state index in [0.717, 1.165) is 72.1 Å². The Morgan fingerprint density at radius 1 is 0.416 bits per heavy atom. The summed E-state index contributed by atoms with van der Waals surface area (Å²) in [5.41, 5.74) is 0. The van der Waals surface area contributed by atoms with Crippen LogP contribution in [-0.4, -0.2) is 375 Å². The molecule has 40 nitrogen and oxygen atoms in total. The highest BCUT2D eigenvalue weighted by Crippen LogP contribution is 2.41. The molecule has 6 aliphatic rings. The minimum Gasteiger partial charge on any atom is -0.477 e. The number of aliphatic hydroxyl groups is 18. The molecule has 6 rings (SSSR count). The molecule has 33 atom stereocenters. The molecule has 0 aromatic heterocycles. The summed E-state index contributed by atoms with van der Waals surface area (Å²) in [6.07, 6.45) is -18.3. The third-order valence-electron chi connectivity index (χ3n) is 24.1. The van der Waals surface area contributed by atoms with Crippen LogP contribution in [0.1, 0.15) is 247 Å². The zero-order chi connectivity index (χ0) is 91.9. The van der Waals surface area contributed by atoms with Crippen LogP contribution in [0.15, 0.2) is 12.2 Å². The molecule has 0 bridgehead atoms. The number of ether oxygens (including phenoxy) is 12. The number of carboxylic acid groups (broad SMARTS) is 1. The van der Waals surface area contributed by atoms with Crippen molar-refractivity contribution in [2.75, 3.05) is 46.2 Å². The number of rotatable bonds is 60. The minimum atomic E-state index is -3.24. The van der Waals surface area contributed by atoms with Crippen molar-refractivity contribution in [3.63, 3.8) is 0 Å². The van der Waals surface area contributed by atoms with Crippen molar-refractivity contribution in [2.45, 2.75) is 448 Å². The van der Waals surface area contributed by atoms with Gasteiger partial charge in [0.15, 0.2) is 31.5 Å². The van der Waals surface area contributed by atoms with Crippen LogP contribution in [0.4, 0.5) is 0 Å². The molecule has 6 fully saturated rings. The molecule has 12 unspecified atom stereocenters. The van der Waals surface area contributed by atoms with Gasteiger partial charge in [0.25, 0.3) is 5.79 Å². The molecule has 4 amide bonds. The van der Waals surface area contributed by atoms with Gasteiger partial charge < -0.3 is 175 Å². The van der Waals surface area contributed by atoms with Crippen molar-refractivity contribution in [1.82, 2.24) is 21.3 Å². The molecule has 728 valence electrons. The Kier molecular flexibility index (Phi) is 50.9. The van der Waals surface area contributed by atoms with Gasteiger partial charge in [-0.3, -0.25) is 19.2 Å². The fourth-order valence-corrected chi connectivity index (χ4v) is 16.9. The first-order valence-electron chi connectivity index (χ1n) is 45.6. The fraction of sp³-hybridized carbons (Fsp3) is 0.918. The zero-order valence-corrected chi connectivity index (χ0v) is 73.4. The number of carbonyl (C=O) groups excluding carboxylic acids is 4. The quantitative estimate of drug-likeness (QED) is 0.0243. The molecule has 6 heterocycles. The summed E-state index contributed by atoms with van der Waals surface area (Å²) in [4.78, 5) is 65.4. The maximum atomic E-state index is 13.6. The molecule has 125 heavy (non-hydrogen) atoms. The first-order chi connectivity index (χ1) is 59.9. The molecule has 6 saturated heterocycles. The normalized spacial score (nSPS) is 35.0. The van der Waals surface area contributed by atoms with Crippen LogP contribution in [-0.2, 0) is 80.8 Å². The standard InChI is InChI=1S/C85H152N4O36/c1-6-8-10-12-14-16-18-20-21-22-23-24-25-27-29-31-33-35-37-39-60(102)89-51(52(99)38-36-34-32-30-28-26-19-17-15-13-11-9-7-2)47-114-81-70(109)69(108)74(59(46-95)119-81)121-83-71(110)77(66(105)56(43-92)117-83)122-79-62(87-49(4)97)68(107)73(58(45-94)118-79)120-82-72(111)78(67(106)57(44-93)116-82)123-80-63(88-50(5)98)76(65(104)55(42-91)115-80)125-85(84(112)113)40-53(100)61(86-48(3)96)75(124-85)64(103)54(101)41-90/h36,38,51-59,61-83,90-95,99-101,103-111H,6-35,37,39-47H2,1-5H3,(H,86,96)(H,87,97)(H,88,98)(H,89,102)(H,112,113)/b38-36+/t51-,52+,53?,54+,55?,56?,57?,58?,59?,61+,62?,63?,64+,65-,66-,67-,68+,69+,70?,71?,72?,73+,74+,75?,76+,77-,78-,79-,80-,81+,82-,83-,85-/m0/s1. The number of unbranched alkanes of at least 4 members (excludes halogenated alkanes) is 29. The Morgan fingerprint density at radius 3 is 1.21 bits per heavy atom. The van der Waals surface area contributed by atoms with E-state index >= 15 is 0 Å². The van der Waals surface area contributed by atoms with Crippen molar-refractivity contribution in [1.29, 1.82) is 0 Å². The van der Waals surface area contributed by atoms with Gasteiger partial charge in [-0.1, -0.05) is 206 Å². The topological polar surface area (TPSA) is 629 Å². The largest absolute Gasteiger partial charge is 0.477 e. The Labute approximate surface area is 732 Å². The Morgan fingerprint density at radius 2 is 0.784 bits per heavy atom. The molecule has 0 aliphatic carbocycles. The first kappa shape index (κ1) is 110. The predicted octanol–water partition coefficient (Wildman–Crippen LogP) is -1.51. The average molecular weight is 1810 g/mol. The van der Waals surface area contributed by atoms with E-state index in [-0.39, 0.29) is 12.3 Å². The van der Waals surface area contributed by atoms with E-state index in [2.05, 4.69) is 35.1 Å². The van der Waals surface area contributed by atoms with Crippen molar-refractivity contribution in [3.8, 4) is 0 Å². The highest BCUT2D eigenvalue weighted by atomic mass is 16.8. The van der Waals surface area contributed by atoms with E-state index in [4.69, 9.17) is 56.8 Å². The van der Waals surface area contributed by atoms with E-state index in [1.165, 1.54) is 135 Å². The van der Waals surface area contributed by atoms with E-state index in [1.807, 2.05) is 6.08 Å². The SMILES string of the molecule is CCCCCCCCCCCCC/C=C/[C@@H](O)[C@H](CO[C@@H]1OC(CO)[C@@H](O[C@@H]2OC(CO)[C@H](O)[C@H](O[C@@H]3OC(CO)[C@@H](O[C@@H]4OC(CO)[C@H](O)[C@H](O[C@@H]5OC(CO)[C@H](O)[C@H](O[C@]6(C(=O)O)CC(O)[C@@H](NC(C)=O)C([C@H](O)[C@H](O)CO)O6)C5NC(C)=O)C4O)[C@H](O)C3NC(C)=O)C2O)[C@H](O)C1O)NC(=O)CCCCCCCCCCCCCCCCCCCCC. The maximum absolute atomic E-state index is 13.6. The summed E-state index contributed by atoms with van der Waals surface area (Å²) < 4.78 is 71.5. The van der Waals surface area contributed by atoms with Gasteiger partial charge in [0.2, 0.25) is 23.6 Å². The summed E-state index contributed by atoms with van der Waals surface area (Å²) in [5, 5.41) is 224. The van der Waals surface area contributed by atoms with Crippen LogP contribution in [0.3, 0.4) is 0 Å². The molecule has 0 aromatic carbocycles. The van der Waals surface area contributed by atoms with Gasteiger partial charge in [0, 0.05) is 33.6 Å². The predicted molar refractivity (Wildman–Crippen MR) is 441 cm³/mol. The van der Waals surface area contributed by atoms with E-state index in [9.17, 15) is 121 Å². The van der Waals surface area contributed by atoms with Crippen molar-refractivity contribution in [3.05, 3.63) is 12.2 Å². The lowest BCUT2D eigenvalue weighted by Crippen LogP contribution is -2.72. The average Bonchev–Trinajstić information content (AvgIpc) is 0.750. The number of nitrogens with one attached hydrogen (secondary N) is 4. The molecule has 0 saturated carbocycles. The zero-order valence-electron chi connectivity index (χ0n) is 73.4. The molecule has 40 heteroatoms. The second-order valence-electron chi connectivity index (χ2n) is 34.2. The van der Waals surface area contributed by atoms with E-state index in [1.54, 1.807) is 6.08 Å². The summed E-state index contributed by atoms with van der Waals surface area (Å²) in [6, 6.07) is -6.73. The fourth-order valence-electron chi connectivity index (χ4n) is 16.9. The summed E-state index contributed by atoms with van der Waals surface area (Å²) in [6.45, 7) is 0.272. The third-order valence-corrected chi connectivity index (χ3v) is 24.1. The lowest BCUT2D eigenvalue weighted by Gasteiger charge is -2.52. The number of amides is 4. The second-order valence-corrected chi connectivity index (χ2v) is 34.2. The number of allylic oxidation sites excluding steroid dienone is 1. The molecular formula is C85H152N4O36. The van der Waals surface area contributed by atoms with Gasteiger partial charge in [-0.15, -0.1) is 0 Å². The molecular weight excluding hydrogens is 1650 g/mol. The number of hydrogen-bond donors (Lipinski definition) is 23. The molecule has 23 N–H and O–H groups in total. The smallest absolute Gasteiger partial charge is 0.364 e. The Bertz CT molecular complexity index is 3040. The van der Waals surface area contributed by atoms with E-state index < -0.39 is 278 Å². The highest BCUT2D eigenvalue weighted by Gasteiger charge is 2.62. The monoisotopic (exact) mass is 1810 g/mol. The van der Waals surface area contributed by atoms with Crippen LogP contribution in [0, 0.1) is 0 Å². The second kappa shape index (κ2) is 58.0. The van der Waals surface area contributed by atoms with Crippen molar-refractivity contribution in [2.24, 2.45) is 0 Å². The maximum Gasteiger partial charge on any atom is 0.364 e. The van der Waals surface area contributed by atoms with Gasteiger partial charge in [0.1, 0.15) is 140 Å². The highest BCUT2D eigenvalue weighted by molar-refractivity contribution is 5.77. The van der Waals surface area contributed by atoms with Crippen LogP contribution < -0.4 is 21.3 Å². The number of carbonyl (C=O) groups is 5. The number of hydrogen-bond acceptors (Lipinski definition) is 35. The third kappa shape index (κ3) is 33.8. The Balaban J connectivity index is 1.11. The van der Waals surface area contributed by atoms with Gasteiger partial charge in [-0.05, 0) is 19.3 Å². The number of aliphatic hydroxyl groups excluding tert-OH is 18. The summed E-state index contributed by atoms with van der Waals surface area (Å²) in [7, 11) is 0.